The third kappa shape index (κ3) is 4.57. The van der Waals surface area contributed by atoms with E-state index in [9.17, 15) is 9.18 Å². The Morgan fingerprint density at radius 2 is 1.69 bits per heavy atom. The second-order valence-corrected chi connectivity index (χ2v) is 8.48. The van der Waals surface area contributed by atoms with Crippen LogP contribution in [0.5, 0.6) is 0 Å². The maximum absolute atomic E-state index is 13.6. The summed E-state index contributed by atoms with van der Waals surface area (Å²) in [4.78, 5) is 19.5. The monoisotopic (exact) mass is 468 g/mol. The van der Waals surface area contributed by atoms with E-state index >= 15 is 0 Å². The van der Waals surface area contributed by atoms with Gasteiger partial charge >= 0.3 is 6.03 Å². The van der Waals surface area contributed by atoms with Crippen LogP contribution in [0.15, 0.2) is 89.1 Å². The fraction of sp³-hybridized carbons (Fsp3) is 0.179. The van der Waals surface area contributed by atoms with Crippen LogP contribution < -0.4 is 5.32 Å². The fourth-order valence-electron chi connectivity index (χ4n) is 4.26. The Balaban J connectivity index is 1.57. The molecule has 0 radical (unpaired) electrons. The van der Waals surface area contributed by atoms with Gasteiger partial charge in [0.15, 0.2) is 0 Å². The van der Waals surface area contributed by atoms with Crippen LogP contribution in [-0.4, -0.2) is 21.1 Å². The Labute approximate surface area is 203 Å². The van der Waals surface area contributed by atoms with Crippen molar-refractivity contribution < 1.29 is 13.7 Å². The number of benzene rings is 3. The molecule has 1 aliphatic heterocycles. The van der Waals surface area contributed by atoms with Gasteiger partial charge in [-0.15, -0.1) is 0 Å². The summed E-state index contributed by atoms with van der Waals surface area (Å²) in [6, 6.07) is 23.0. The van der Waals surface area contributed by atoms with E-state index in [1.165, 1.54) is 17.7 Å². The van der Waals surface area contributed by atoms with Gasteiger partial charge in [0.05, 0.1) is 18.2 Å². The third-order valence-electron chi connectivity index (χ3n) is 6.26. The fourth-order valence-corrected chi connectivity index (χ4v) is 4.26. The zero-order valence-electron chi connectivity index (χ0n) is 19.5. The normalized spacial score (nSPS) is 15.9. The molecular formula is C28H25FN4O2. The molecule has 1 atom stereocenters. The number of hydrogen-bond acceptors (Lipinski definition) is 4. The van der Waals surface area contributed by atoms with Gasteiger partial charge in [0.2, 0.25) is 5.82 Å². The number of nitrogens with zero attached hydrogens (tertiary/aromatic N) is 3. The average molecular weight is 469 g/mol. The van der Waals surface area contributed by atoms with Crippen molar-refractivity contribution in [2.24, 2.45) is 0 Å². The van der Waals surface area contributed by atoms with Crippen molar-refractivity contribution in [1.82, 2.24) is 20.4 Å². The van der Waals surface area contributed by atoms with Gasteiger partial charge in [-0.2, -0.15) is 4.98 Å². The van der Waals surface area contributed by atoms with E-state index in [0.29, 0.717) is 29.5 Å². The second-order valence-electron chi connectivity index (χ2n) is 8.48. The number of hydrogen-bond donors (Lipinski definition) is 1. The maximum atomic E-state index is 13.6. The topological polar surface area (TPSA) is 71.3 Å². The van der Waals surface area contributed by atoms with Crippen LogP contribution in [0.4, 0.5) is 9.18 Å². The van der Waals surface area contributed by atoms with Gasteiger partial charge in [0.25, 0.3) is 5.89 Å². The van der Waals surface area contributed by atoms with Gasteiger partial charge in [0.1, 0.15) is 5.82 Å². The summed E-state index contributed by atoms with van der Waals surface area (Å²) in [5.74, 6) is 0.427. The molecule has 1 unspecified atom stereocenters. The van der Waals surface area contributed by atoms with E-state index in [-0.39, 0.29) is 11.8 Å². The highest BCUT2D eigenvalue weighted by molar-refractivity contribution is 5.86. The summed E-state index contributed by atoms with van der Waals surface area (Å²) in [7, 11) is 0. The molecule has 2 amide bonds. The molecule has 6 nitrogen and oxygen atoms in total. The number of allylic oxidation sites excluding steroid dienone is 1. The summed E-state index contributed by atoms with van der Waals surface area (Å²) in [5.41, 5.74) is 5.15. The van der Waals surface area contributed by atoms with Crippen molar-refractivity contribution in [1.29, 1.82) is 0 Å². The molecule has 2 heterocycles. The molecule has 1 aliphatic rings. The van der Waals surface area contributed by atoms with Gasteiger partial charge < -0.3 is 9.84 Å². The molecule has 5 rings (SSSR count). The Morgan fingerprint density at radius 1 is 0.971 bits per heavy atom. The molecule has 0 saturated carbocycles. The molecule has 0 aliphatic carbocycles. The van der Waals surface area contributed by atoms with Gasteiger partial charge in [-0.05, 0) is 42.2 Å². The number of halogens is 1. The molecule has 1 N–H and O–H groups in total. The zero-order chi connectivity index (χ0) is 24.4. The molecule has 3 aromatic carbocycles. The van der Waals surface area contributed by atoms with Crippen LogP contribution in [0.3, 0.4) is 0 Å². The van der Waals surface area contributed by atoms with Gasteiger partial charge in [-0.25, -0.2) is 9.18 Å². The Morgan fingerprint density at radius 3 is 2.37 bits per heavy atom. The van der Waals surface area contributed by atoms with Crippen molar-refractivity contribution in [2.75, 3.05) is 0 Å². The van der Waals surface area contributed by atoms with E-state index in [4.69, 9.17) is 4.52 Å². The number of urea groups is 1. The summed E-state index contributed by atoms with van der Waals surface area (Å²) in [6.07, 6.45) is 0.945. The molecule has 0 saturated heterocycles. The summed E-state index contributed by atoms with van der Waals surface area (Å²) < 4.78 is 19.4. The predicted molar refractivity (Wildman–Crippen MR) is 131 cm³/mol. The van der Waals surface area contributed by atoms with E-state index in [0.717, 1.165) is 23.1 Å². The van der Waals surface area contributed by atoms with Crippen LogP contribution in [0.25, 0.3) is 17.0 Å². The van der Waals surface area contributed by atoms with Gasteiger partial charge in [-0.3, -0.25) is 4.90 Å². The molecule has 1 aromatic heterocycles. The van der Waals surface area contributed by atoms with Gasteiger partial charge in [-0.1, -0.05) is 78.8 Å². The molecule has 176 valence electrons. The number of aryl methyl sites for hydroxylation is 1. The largest absolute Gasteiger partial charge is 0.334 e. The molecule has 0 spiro atoms. The highest BCUT2D eigenvalue weighted by atomic mass is 19.1. The average Bonchev–Trinajstić information content (AvgIpc) is 3.37. The number of aromatic nitrogens is 2. The predicted octanol–water partition coefficient (Wildman–Crippen LogP) is 6.14. The Bertz CT molecular complexity index is 1360. The molecule has 35 heavy (non-hydrogen) atoms. The van der Waals surface area contributed by atoms with Crippen molar-refractivity contribution in [3.05, 3.63) is 113 Å². The van der Waals surface area contributed by atoms with Crippen molar-refractivity contribution in [2.45, 2.75) is 32.9 Å². The first-order valence-corrected chi connectivity index (χ1v) is 11.5. The first-order chi connectivity index (χ1) is 17.0. The summed E-state index contributed by atoms with van der Waals surface area (Å²) in [5, 5.41) is 7.25. The number of rotatable bonds is 6. The Hall–Kier alpha value is -4.26. The van der Waals surface area contributed by atoms with Crippen LogP contribution in [0.2, 0.25) is 0 Å². The third-order valence-corrected chi connectivity index (χ3v) is 6.26. The lowest BCUT2D eigenvalue weighted by atomic mass is 9.94. The van der Waals surface area contributed by atoms with Crippen LogP contribution in [-0.2, 0) is 13.0 Å². The highest BCUT2D eigenvalue weighted by Gasteiger charge is 2.35. The van der Waals surface area contributed by atoms with Crippen LogP contribution >= 0.6 is 0 Å². The maximum Gasteiger partial charge on any atom is 0.322 e. The van der Waals surface area contributed by atoms with Crippen molar-refractivity contribution in [3.63, 3.8) is 0 Å². The SMILES string of the molecule is CCc1ccc(-c2noc(C3=C(C)N(Cc4ccccc4)C(=O)NC3c3ccc(F)cc3)n2)cc1. The number of carbonyl (C=O) groups is 1. The quantitative estimate of drug-likeness (QED) is 0.369. The standard InChI is InChI=1S/C28H25FN4O2/c1-3-19-9-11-22(12-10-19)26-31-27(35-32-26)24-18(2)33(17-20-7-5-4-6-8-20)28(34)30-25(24)21-13-15-23(29)16-14-21/h4-16,25H,3,17H2,1-2H3,(H,30,34). The number of amides is 2. The molecule has 7 heteroatoms. The molecule has 0 bridgehead atoms. The number of nitrogens with one attached hydrogen (secondary N) is 1. The van der Waals surface area contributed by atoms with E-state index in [1.807, 2.05) is 61.5 Å². The lowest BCUT2D eigenvalue weighted by molar-refractivity contribution is 0.203. The number of carbonyl (C=O) groups excluding carboxylic acids is 1. The molecule has 4 aromatic rings. The lowest BCUT2D eigenvalue weighted by Crippen LogP contribution is -2.45. The smallest absolute Gasteiger partial charge is 0.322 e. The first kappa shape index (κ1) is 22.5. The highest BCUT2D eigenvalue weighted by Crippen LogP contribution is 2.38. The first-order valence-electron chi connectivity index (χ1n) is 11.5. The lowest BCUT2D eigenvalue weighted by Gasteiger charge is -2.35. The minimum Gasteiger partial charge on any atom is -0.334 e. The minimum absolute atomic E-state index is 0.251. The van der Waals surface area contributed by atoms with E-state index in [1.54, 1.807) is 17.0 Å². The Kier molecular flexibility index (Phi) is 6.14. The van der Waals surface area contributed by atoms with Crippen LogP contribution in [0.1, 0.15) is 42.5 Å². The minimum atomic E-state index is -0.564. The summed E-state index contributed by atoms with van der Waals surface area (Å²) >= 11 is 0. The van der Waals surface area contributed by atoms with Crippen molar-refractivity contribution >= 4 is 11.6 Å². The summed E-state index contributed by atoms with van der Waals surface area (Å²) in [6.45, 7) is 4.36. The zero-order valence-corrected chi connectivity index (χ0v) is 19.5. The second kappa shape index (κ2) is 9.54. The van der Waals surface area contributed by atoms with E-state index < -0.39 is 6.04 Å². The molecular weight excluding hydrogens is 443 g/mol. The van der Waals surface area contributed by atoms with Crippen LogP contribution in [0, 0.1) is 5.82 Å². The molecule has 0 fully saturated rings. The van der Waals surface area contributed by atoms with Gasteiger partial charge in [0, 0.05) is 11.3 Å². The van der Waals surface area contributed by atoms with Crippen molar-refractivity contribution in [3.8, 4) is 11.4 Å². The van der Waals surface area contributed by atoms with E-state index in [2.05, 4.69) is 22.4 Å².